The van der Waals surface area contributed by atoms with Crippen molar-refractivity contribution in [3.05, 3.63) is 0 Å². The molecule has 2 unspecified atom stereocenters. The molecule has 14 heavy (non-hydrogen) atoms. The summed E-state index contributed by atoms with van der Waals surface area (Å²) in [5.74, 6) is 0. The Hall–Kier alpha value is -0.240. The van der Waals surface area contributed by atoms with Gasteiger partial charge in [0, 0.05) is 39.3 Å². The molecule has 0 saturated carbocycles. The first-order valence-electron chi connectivity index (χ1n) is 5.05. The first kappa shape index (κ1) is 11.8. The van der Waals surface area contributed by atoms with Crippen molar-refractivity contribution in [2.24, 2.45) is 0 Å². The molecule has 0 spiro atoms. The van der Waals surface area contributed by atoms with Gasteiger partial charge in [-0.25, -0.2) is 0 Å². The van der Waals surface area contributed by atoms with E-state index in [0.717, 1.165) is 26.2 Å². The minimum absolute atomic E-state index is 0.707. The van der Waals surface area contributed by atoms with Crippen LogP contribution >= 0.6 is 0 Å². The lowest BCUT2D eigenvalue weighted by Crippen LogP contribution is -2.55. The summed E-state index contributed by atoms with van der Waals surface area (Å²) in [5.41, 5.74) is 0. The third kappa shape index (κ3) is 4.85. The standard InChI is InChI=1S/C4H10N2O2.C4H10N2/c7-3-4(8)6-2-1-5-3;1-2-6-4-3-5-1/h3-8H,1-2H2;5-6H,1-4H2. The van der Waals surface area contributed by atoms with Gasteiger partial charge in [-0.3, -0.25) is 10.6 Å². The van der Waals surface area contributed by atoms with E-state index in [9.17, 15) is 0 Å². The highest BCUT2D eigenvalue weighted by atomic mass is 16.4. The van der Waals surface area contributed by atoms with Crippen LogP contribution < -0.4 is 21.3 Å². The number of hydrogen-bond donors (Lipinski definition) is 6. The van der Waals surface area contributed by atoms with E-state index in [0.29, 0.717) is 13.1 Å². The fourth-order valence-electron chi connectivity index (χ4n) is 1.27. The Balaban J connectivity index is 0.000000146. The summed E-state index contributed by atoms with van der Waals surface area (Å²) in [6, 6.07) is 0. The predicted octanol–water partition coefficient (Wildman–Crippen LogP) is -3.00. The number of hydrogen-bond acceptors (Lipinski definition) is 6. The summed E-state index contributed by atoms with van der Waals surface area (Å²) in [5, 5.41) is 29.3. The molecule has 0 aromatic rings. The molecule has 0 bridgehead atoms. The second-order valence-corrected chi connectivity index (χ2v) is 3.30. The molecule has 0 aromatic heterocycles. The maximum Gasteiger partial charge on any atom is 0.144 e. The predicted molar refractivity (Wildman–Crippen MR) is 53.8 cm³/mol. The van der Waals surface area contributed by atoms with Crippen LogP contribution in [-0.2, 0) is 0 Å². The van der Waals surface area contributed by atoms with Crippen molar-refractivity contribution >= 4 is 0 Å². The van der Waals surface area contributed by atoms with Gasteiger partial charge in [0.05, 0.1) is 0 Å². The summed E-state index contributed by atoms with van der Waals surface area (Å²) >= 11 is 0. The van der Waals surface area contributed by atoms with E-state index >= 15 is 0 Å². The van der Waals surface area contributed by atoms with Crippen LogP contribution in [-0.4, -0.2) is 61.9 Å². The molecule has 84 valence electrons. The molecule has 2 atom stereocenters. The van der Waals surface area contributed by atoms with Gasteiger partial charge < -0.3 is 20.8 Å². The van der Waals surface area contributed by atoms with Gasteiger partial charge in [0.2, 0.25) is 0 Å². The zero-order valence-corrected chi connectivity index (χ0v) is 8.29. The van der Waals surface area contributed by atoms with Gasteiger partial charge in [-0.1, -0.05) is 0 Å². The van der Waals surface area contributed by atoms with Crippen LogP contribution in [0, 0.1) is 0 Å². The van der Waals surface area contributed by atoms with Gasteiger partial charge in [-0.2, -0.15) is 0 Å². The van der Waals surface area contributed by atoms with Crippen LogP contribution in [0.5, 0.6) is 0 Å². The summed E-state index contributed by atoms with van der Waals surface area (Å²) in [6.07, 6.45) is -1.60. The molecule has 0 radical (unpaired) electrons. The van der Waals surface area contributed by atoms with Crippen molar-refractivity contribution in [1.82, 2.24) is 21.3 Å². The average molecular weight is 204 g/mol. The molecule has 0 aliphatic carbocycles. The SMILES string of the molecule is C1CNCCN1.OC1NCCNC1O. The number of rotatable bonds is 0. The number of aliphatic hydroxyl groups excluding tert-OH is 2. The van der Waals surface area contributed by atoms with Crippen LogP contribution in [0.1, 0.15) is 0 Å². The van der Waals surface area contributed by atoms with E-state index in [1.165, 1.54) is 0 Å². The maximum atomic E-state index is 8.75. The van der Waals surface area contributed by atoms with Crippen LogP contribution in [0.25, 0.3) is 0 Å². The highest BCUT2D eigenvalue weighted by Gasteiger charge is 2.17. The fraction of sp³-hybridized carbons (Fsp3) is 1.00. The van der Waals surface area contributed by atoms with Crippen LogP contribution in [0.2, 0.25) is 0 Å². The summed E-state index contributed by atoms with van der Waals surface area (Å²) < 4.78 is 0. The Bertz CT molecular complexity index is 122. The van der Waals surface area contributed by atoms with Gasteiger partial charge >= 0.3 is 0 Å². The lowest BCUT2D eigenvalue weighted by atomic mass is 10.4. The molecule has 6 nitrogen and oxygen atoms in total. The van der Waals surface area contributed by atoms with Gasteiger partial charge in [-0.05, 0) is 0 Å². The summed E-state index contributed by atoms with van der Waals surface area (Å²) in [6.45, 7) is 5.97. The van der Waals surface area contributed by atoms with Gasteiger partial charge in [0.1, 0.15) is 12.5 Å². The molecule has 2 aliphatic rings. The lowest BCUT2D eigenvalue weighted by Gasteiger charge is -2.25. The highest BCUT2D eigenvalue weighted by molar-refractivity contribution is 4.69. The number of piperazine rings is 2. The van der Waals surface area contributed by atoms with Crippen molar-refractivity contribution in [2.45, 2.75) is 12.5 Å². The first-order chi connectivity index (χ1) is 6.80. The van der Waals surface area contributed by atoms with Crippen LogP contribution in [0.4, 0.5) is 0 Å². The molecule has 2 heterocycles. The van der Waals surface area contributed by atoms with Crippen molar-refractivity contribution in [3.8, 4) is 0 Å². The van der Waals surface area contributed by atoms with Crippen molar-refractivity contribution in [3.63, 3.8) is 0 Å². The minimum Gasteiger partial charge on any atom is -0.374 e. The zero-order chi connectivity index (χ0) is 10.2. The van der Waals surface area contributed by atoms with Crippen molar-refractivity contribution < 1.29 is 10.2 Å². The Morgan fingerprint density at radius 3 is 1.21 bits per heavy atom. The molecule has 2 rings (SSSR count). The Labute approximate surface area is 84.1 Å². The average Bonchev–Trinajstić information content (AvgIpc) is 2.26. The quantitative estimate of drug-likeness (QED) is 0.252. The second-order valence-electron chi connectivity index (χ2n) is 3.30. The molecule has 2 aliphatic heterocycles. The molecular formula is C8H20N4O2. The van der Waals surface area contributed by atoms with Crippen LogP contribution in [0.15, 0.2) is 0 Å². The smallest absolute Gasteiger partial charge is 0.144 e. The third-order valence-corrected chi connectivity index (χ3v) is 2.09. The van der Waals surface area contributed by atoms with Gasteiger partial charge in [0.25, 0.3) is 0 Å². The molecule has 2 fully saturated rings. The normalized spacial score (nSPS) is 33.0. The summed E-state index contributed by atoms with van der Waals surface area (Å²) in [7, 11) is 0. The van der Waals surface area contributed by atoms with E-state index in [1.54, 1.807) is 0 Å². The Kier molecular flexibility index (Phi) is 6.00. The maximum absolute atomic E-state index is 8.75. The van der Waals surface area contributed by atoms with E-state index in [2.05, 4.69) is 21.3 Å². The van der Waals surface area contributed by atoms with Crippen molar-refractivity contribution in [2.75, 3.05) is 39.3 Å². The number of nitrogens with one attached hydrogen (secondary N) is 4. The second kappa shape index (κ2) is 7.10. The topological polar surface area (TPSA) is 88.6 Å². The van der Waals surface area contributed by atoms with E-state index in [-0.39, 0.29) is 0 Å². The number of aliphatic hydroxyl groups is 2. The molecule has 0 aromatic carbocycles. The molecule has 6 heteroatoms. The van der Waals surface area contributed by atoms with E-state index in [1.807, 2.05) is 0 Å². The molecular weight excluding hydrogens is 184 g/mol. The van der Waals surface area contributed by atoms with Crippen molar-refractivity contribution in [1.29, 1.82) is 0 Å². The highest BCUT2D eigenvalue weighted by Crippen LogP contribution is 1.87. The lowest BCUT2D eigenvalue weighted by molar-refractivity contribution is -0.0360. The fourth-order valence-corrected chi connectivity index (χ4v) is 1.27. The van der Waals surface area contributed by atoms with E-state index < -0.39 is 12.5 Å². The molecule has 6 N–H and O–H groups in total. The zero-order valence-electron chi connectivity index (χ0n) is 8.29. The van der Waals surface area contributed by atoms with Gasteiger partial charge in [0.15, 0.2) is 0 Å². The Morgan fingerprint density at radius 1 is 0.643 bits per heavy atom. The largest absolute Gasteiger partial charge is 0.374 e. The van der Waals surface area contributed by atoms with Crippen LogP contribution in [0.3, 0.4) is 0 Å². The molecule has 2 saturated heterocycles. The Morgan fingerprint density at radius 2 is 1.00 bits per heavy atom. The van der Waals surface area contributed by atoms with Gasteiger partial charge in [-0.15, -0.1) is 0 Å². The summed E-state index contributed by atoms with van der Waals surface area (Å²) in [4.78, 5) is 0. The first-order valence-corrected chi connectivity index (χ1v) is 5.05. The monoisotopic (exact) mass is 204 g/mol. The molecule has 0 amide bonds. The third-order valence-electron chi connectivity index (χ3n) is 2.09. The van der Waals surface area contributed by atoms with E-state index in [4.69, 9.17) is 10.2 Å². The minimum atomic E-state index is -0.802.